The van der Waals surface area contributed by atoms with Gasteiger partial charge >= 0.3 is 0 Å². The van der Waals surface area contributed by atoms with Crippen molar-refractivity contribution in [3.8, 4) is 33.4 Å². The summed E-state index contributed by atoms with van der Waals surface area (Å²) in [7, 11) is 0. The number of hydrogen-bond acceptors (Lipinski definition) is 0. The molecule has 0 nitrogen and oxygen atoms in total. The molecule has 11 aromatic carbocycles. The topological polar surface area (TPSA) is 0 Å². The molecule has 2 unspecified atom stereocenters. The first-order chi connectivity index (χ1) is 29.7. The highest BCUT2D eigenvalue weighted by Crippen LogP contribution is 2.51. The molecule has 0 heterocycles. The molecule has 0 radical (unpaired) electrons. The van der Waals surface area contributed by atoms with Gasteiger partial charge in [-0.25, -0.2) is 0 Å². The minimum atomic E-state index is 0.254. The monoisotopic (exact) mass is 758 g/mol. The second kappa shape index (κ2) is 13.0. The second-order valence-corrected chi connectivity index (χ2v) is 16.7. The Morgan fingerprint density at radius 1 is 0.250 bits per heavy atom. The van der Waals surface area contributed by atoms with Gasteiger partial charge in [0.05, 0.1) is 0 Å². The van der Waals surface area contributed by atoms with Crippen LogP contribution in [0, 0.1) is 0 Å². The van der Waals surface area contributed by atoms with E-state index in [2.05, 4.69) is 218 Å². The van der Waals surface area contributed by atoms with Crippen LogP contribution < -0.4 is 0 Å². The summed E-state index contributed by atoms with van der Waals surface area (Å²) in [5.41, 5.74) is 12.9. The quantitative estimate of drug-likeness (QED) is 0.157. The Balaban J connectivity index is 1.04. The van der Waals surface area contributed by atoms with Gasteiger partial charge < -0.3 is 0 Å². The molecule has 2 atom stereocenters. The molecule has 60 heavy (non-hydrogen) atoms. The Bertz CT molecular complexity index is 3420. The minimum absolute atomic E-state index is 0.254. The molecular weight excluding hydrogens is 721 g/mol. The molecule has 0 aliphatic heterocycles. The van der Waals surface area contributed by atoms with Crippen LogP contribution in [0.5, 0.6) is 0 Å². The van der Waals surface area contributed by atoms with Crippen LogP contribution in [0.15, 0.2) is 218 Å². The lowest BCUT2D eigenvalue weighted by Crippen LogP contribution is -2.17. The van der Waals surface area contributed by atoms with Crippen molar-refractivity contribution >= 4 is 70.2 Å². The predicted molar refractivity (Wildman–Crippen MR) is 257 cm³/mol. The lowest BCUT2D eigenvalue weighted by Gasteiger charge is -2.35. The molecule has 0 N–H and O–H groups in total. The number of fused-ring (bicyclic) bond motifs is 18. The van der Waals surface area contributed by atoms with Crippen LogP contribution in [-0.4, -0.2) is 0 Å². The van der Waals surface area contributed by atoms with E-state index in [1.807, 2.05) is 0 Å². The first kappa shape index (κ1) is 33.4. The second-order valence-electron chi connectivity index (χ2n) is 16.7. The number of hydrogen-bond donors (Lipinski definition) is 0. The average molecular weight is 759 g/mol. The third-order valence-corrected chi connectivity index (χ3v) is 13.6. The molecule has 13 rings (SSSR count). The normalized spacial score (nSPS) is 15.7. The van der Waals surface area contributed by atoms with E-state index in [1.165, 1.54) is 120 Å². The van der Waals surface area contributed by atoms with Crippen molar-refractivity contribution in [2.75, 3.05) is 0 Å². The number of rotatable bonds is 3. The van der Waals surface area contributed by atoms with Crippen molar-refractivity contribution in [3.63, 3.8) is 0 Å². The molecule has 0 saturated carbocycles. The summed E-state index contributed by atoms with van der Waals surface area (Å²) in [4.78, 5) is 0. The molecule has 0 fully saturated rings. The molecule has 278 valence electrons. The lowest BCUT2D eigenvalue weighted by atomic mass is 9.69. The Morgan fingerprint density at radius 2 is 0.600 bits per heavy atom. The van der Waals surface area contributed by atoms with Crippen LogP contribution in [0.3, 0.4) is 0 Å². The van der Waals surface area contributed by atoms with E-state index in [0.29, 0.717) is 5.92 Å². The van der Waals surface area contributed by atoms with E-state index in [4.69, 9.17) is 0 Å². The summed E-state index contributed by atoms with van der Waals surface area (Å²) in [5.74, 6) is 0.554. The highest BCUT2D eigenvalue weighted by molar-refractivity contribution is 6.27. The average Bonchev–Trinajstić information content (AvgIpc) is 3.33. The molecule has 0 aromatic heterocycles. The standard InChI is InChI=1S/C60H38/c1-4-19-49-43(13-1)46-16-7-10-22-52(46)58-34-37(25-28-55(49)58)40-31-41(38-26-29-56-50-20-5-2-14-44(50)47-17-8-11-23-53(47)59(56)35-38)33-42(32-40)39-27-30-57-51-21-6-3-15-45(51)48-18-9-12-24-54(48)60(57)36-39/h1-36,55,58H. The van der Waals surface area contributed by atoms with E-state index < -0.39 is 0 Å². The molecule has 2 aliphatic carbocycles. The van der Waals surface area contributed by atoms with Crippen LogP contribution in [0.25, 0.3) is 104 Å². The van der Waals surface area contributed by atoms with E-state index in [1.54, 1.807) is 0 Å². The van der Waals surface area contributed by atoms with Gasteiger partial charge in [0.25, 0.3) is 0 Å². The maximum atomic E-state index is 2.54. The summed E-state index contributed by atoms with van der Waals surface area (Å²) in [5, 5.41) is 15.5. The Hall–Kier alpha value is -7.54. The zero-order valence-corrected chi connectivity index (χ0v) is 32.9. The smallest absolute Gasteiger partial charge is 0.0137 e. The minimum Gasteiger partial charge on any atom is -0.0755 e. The van der Waals surface area contributed by atoms with Crippen LogP contribution in [0.2, 0.25) is 0 Å². The van der Waals surface area contributed by atoms with Gasteiger partial charge in [-0.1, -0.05) is 188 Å². The van der Waals surface area contributed by atoms with Crippen LogP contribution in [0.4, 0.5) is 0 Å². The van der Waals surface area contributed by atoms with Crippen LogP contribution in [0.1, 0.15) is 28.5 Å². The van der Waals surface area contributed by atoms with Crippen LogP contribution >= 0.6 is 0 Å². The predicted octanol–water partition coefficient (Wildman–Crippen LogP) is 16.4. The summed E-state index contributed by atoms with van der Waals surface area (Å²) in [6.07, 6.45) is 7.39. The first-order valence-corrected chi connectivity index (χ1v) is 21.2. The molecule has 0 bridgehead atoms. The molecule has 11 aromatic rings. The Kier molecular flexibility index (Phi) is 7.23. The Morgan fingerprint density at radius 3 is 1.05 bits per heavy atom. The fourth-order valence-electron chi connectivity index (χ4n) is 10.8. The lowest BCUT2D eigenvalue weighted by molar-refractivity contribution is 0.722. The van der Waals surface area contributed by atoms with Crippen molar-refractivity contribution in [2.45, 2.75) is 11.8 Å². The molecule has 0 spiro atoms. The third kappa shape index (κ3) is 4.98. The van der Waals surface area contributed by atoms with Gasteiger partial charge in [-0.05, 0) is 151 Å². The highest BCUT2D eigenvalue weighted by Gasteiger charge is 2.32. The fraction of sp³-hybridized carbons (Fsp3) is 0.0333. The van der Waals surface area contributed by atoms with Gasteiger partial charge in [-0.3, -0.25) is 0 Å². The van der Waals surface area contributed by atoms with Gasteiger partial charge in [0.1, 0.15) is 0 Å². The third-order valence-electron chi connectivity index (χ3n) is 13.6. The highest BCUT2D eigenvalue weighted by atomic mass is 14.4. The van der Waals surface area contributed by atoms with Crippen molar-refractivity contribution in [3.05, 3.63) is 235 Å². The largest absolute Gasteiger partial charge is 0.0755 e. The van der Waals surface area contributed by atoms with E-state index in [0.717, 1.165) is 0 Å². The van der Waals surface area contributed by atoms with E-state index in [-0.39, 0.29) is 5.92 Å². The SMILES string of the molecule is C1=CC2c3ccccc3-c3ccccc3C2C=C1c1cc(-c2ccc3c4ccccc4c4ccccc4c3c2)cc(-c2ccc3c4ccccc4c4ccccc4c3c2)c1. The summed E-state index contributed by atoms with van der Waals surface area (Å²) < 4.78 is 0. The van der Waals surface area contributed by atoms with Crippen molar-refractivity contribution in [1.82, 2.24) is 0 Å². The van der Waals surface area contributed by atoms with Gasteiger partial charge in [0.2, 0.25) is 0 Å². The Labute approximate surface area is 349 Å². The first-order valence-electron chi connectivity index (χ1n) is 21.2. The van der Waals surface area contributed by atoms with Gasteiger partial charge in [-0.15, -0.1) is 0 Å². The maximum Gasteiger partial charge on any atom is 0.0137 e. The summed E-state index contributed by atoms with van der Waals surface area (Å²) in [6, 6.07) is 75.0. The summed E-state index contributed by atoms with van der Waals surface area (Å²) >= 11 is 0. The molecular formula is C60H38. The van der Waals surface area contributed by atoms with Crippen LogP contribution in [-0.2, 0) is 0 Å². The molecule has 0 amide bonds. The van der Waals surface area contributed by atoms with Gasteiger partial charge in [0, 0.05) is 11.8 Å². The van der Waals surface area contributed by atoms with Crippen molar-refractivity contribution in [2.24, 2.45) is 0 Å². The fourth-order valence-corrected chi connectivity index (χ4v) is 10.8. The van der Waals surface area contributed by atoms with Crippen molar-refractivity contribution in [1.29, 1.82) is 0 Å². The van der Waals surface area contributed by atoms with E-state index in [9.17, 15) is 0 Å². The van der Waals surface area contributed by atoms with Gasteiger partial charge in [-0.2, -0.15) is 0 Å². The molecule has 0 saturated heterocycles. The number of allylic oxidation sites excluding steroid dienone is 4. The summed E-state index contributed by atoms with van der Waals surface area (Å²) in [6.45, 7) is 0. The van der Waals surface area contributed by atoms with Gasteiger partial charge in [0.15, 0.2) is 0 Å². The zero-order valence-electron chi connectivity index (χ0n) is 32.9. The zero-order chi connectivity index (χ0) is 39.3. The van der Waals surface area contributed by atoms with Crippen molar-refractivity contribution < 1.29 is 0 Å². The van der Waals surface area contributed by atoms with E-state index >= 15 is 0 Å². The maximum absolute atomic E-state index is 2.54. The molecule has 0 heteroatoms. The molecule has 2 aliphatic rings. The number of benzene rings is 11.